The Morgan fingerprint density at radius 3 is 2.50 bits per heavy atom. The van der Waals surface area contributed by atoms with Crippen molar-refractivity contribution in [2.45, 2.75) is 13.8 Å². The van der Waals surface area contributed by atoms with Gasteiger partial charge in [0.1, 0.15) is 0 Å². The molecule has 0 unspecified atom stereocenters. The number of hydrogen-bond acceptors (Lipinski definition) is 3. The third kappa shape index (κ3) is 3.37. The van der Waals surface area contributed by atoms with Crippen LogP contribution in [0.1, 0.15) is 23.6 Å². The molecule has 0 bridgehead atoms. The van der Waals surface area contributed by atoms with Gasteiger partial charge in [-0.1, -0.05) is 29.8 Å². The largest absolute Gasteiger partial charge is 0.278 e. The van der Waals surface area contributed by atoms with E-state index >= 15 is 0 Å². The number of hydrogen-bond donors (Lipinski definition) is 1. The predicted octanol–water partition coefficient (Wildman–Crippen LogP) is 4.36. The Kier molecular flexibility index (Phi) is 4.39. The molecule has 1 N–H and O–H groups in total. The van der Waals surface area contributed by atoms with E-state index in [0.29, 0.717) is 10.6 Å². The maximum atomic E-state index is 8.76. The van der Waals surface area contributed by atoms with Crippen LogP contribution in [0.3, 0.4) is 0 Å². The molecule has 0 amide bonds. The highest BCUT2D eigenvalue weighted by atomic mass is 35.5. The summed E-state index contributed by atoms with van der Waals surface area (Å²) in [5.74, 6) is 0. The van der Waals surface area contributed by atoms with E-state index < -0.39 is 0 Å². The second kappa shape index (κ2) is 6.23. The summed E-state index contributed by atoms with van der Waals surface area (Å²) in [4.78, 5) is 0. The van der Waals surface area contributed by atoms with Crippen LogP contribution < -0.4 is 5.43 Å². The van der Waals surface area contributed by atoms with Gasteiger partial charge in [0, 0.05) is 5.02 Å². The van der Waals surface area contributed by atoms with Crippen molar-refractivity contribution in [3.63, 3.8) is 0 Å². The summed E-state index contributed by atoms with van der Waals surface area (Å²) in [6.07, 6.45) is 0. The first-order valence-electron chi connectivity index (χ1n) is 6.17. The number of rotatable bonds is 3. The molecule has 0 atom stereocenters. The topological polar surface area (TPSA) is 48.2 Å². The van der Waals surface area contributed by atoms with E-state index in [1.807, 2.05) is 44.2 Å². The summed E-state index contributed by atoms with van der Waals surface area (Å²) in [7, 11) is 0. The lowest BCUT2D eigenvalue weighted by Gasteiger charge is -2.05. The molecule has 2 aromatic carbocycles. The molecule has 0 fully saturated rings. The Balaban J connectivity index is 2.13. The van der Waals surface area contributed by atoms with Crippen LogP contribution in [0.2, 0.25) is 5.02 Å². The van der Waals surface area contributed by atoms with E-state index in [9.17, 15) is 0 Å². The van der Waals surface area contributed by atoms with Gasteiger partial charge < -0.3 is 0 Å². The SMILES string of the molecule is C/C(=N\Nc1ccc(C)c(Cl)c1)c1ccc(C#N)cc1. The number of nitrogens with zero attached hydrogens (tertiary/aromatic N) is 2. The van der Waals surface area contributed by atoms with Crippen molar-refractivity contribution in [1.82, 2.24) is 0 Å². The van der Waals surface area contributed by atoms with E-state index in [4.69, 9.17) is 16.9 Å². The van der Waals surface area contributed by atoms with Crippen LogP contribution in [0.4, 0.5) is 5.69 Å². The fraction of sp³-hybridized carbons (Fsp3) is 0.125. The van der Waals surface area contributed by atoms with Crippen molar-refractivity contribution >= 4 is 23.0 Å². The normalized spacial score (nSPS) is 11.0. The molecule has 0 aliphatic carbocycles. The molecule has 0 aromatic heterocycles. The zero-order valence-electron chi connectivity index (χ0n) is 11.3. The minimum absolute atomic E-state index is 0.639. The van der Waals surface area contributed by atoms with Crippen molar-refractivity contribution in [2.75, 3.05) is 5.43 Å². The Morgan fingerprint density at radius 1 is 1.20 bits per heavy atom. The summed E-state index contributed by atoms with van der Waals surface area (Å²) >= 11 is 6.06. The molecule has 2 rings (SSSR count). The van der Waals surface area contributed by atoms with Gasteiger partial charge in [-0.05, 0) is 49.2 Å². The van der Waals surface area contributed by atoms with Crippen LogP contribution in [0.25, 0.3) is 0 Å². The quantitative estimate of drug-likeness (QED) is 0.672. The van der Waals surface area contributed by atoms with E-state index in [2.05, 4.69) is 16.6 Å². The van der Waals surface area contributed by atoms with Crippen molar-refractivity contribution < 1.29 is 0 Å². The first kappa shape index (κ1) is 14.1. The molecule has 4 heteroatoms. The smallest absolute Gasteiger partial charge is 0.0991 e. The summed E-state index contributed by atoms with van der Waals surface area (Å²) in [6, 6.07) is 15.1. The molecule has 2 aromatic rings. The van der Waals surface area contributed by atoms with Gasteiger partial charge >= 0.3 is 0 Å². The maximum Gasteiger partial charge on any atom is 0.0991 e. The molecule has 0 radical (unpaired) electrons. The van der Waals surface area contributed by atoms with Crippen molar-refractivity contribution in [1.29, 1.82) is 5.26 Å². The maximum absolute atomic E-state index is 8.76. The zero-order valence-corrected chi connectivity index (χ0v) is 12.1. The molecule has 0 heterocycles. The lowest BCUT2D eigenvalue weighted by Crippen LogP contribution is -1.99. The number of halogens is 1. The van der Waals surface area contributed by atoms with Gasteiger partial charge in [-0.2, -0.15) is 10.4 Å². The molecule has 0 saturated heterocycles. The molecule has 100 valence electrons. The van der Waals surface area contributed by atoms with E-state index in [-0.39, 0.29) is 0 Å². The average molecular weight is 284 g/mol. The minimum Gasteiger partial charge on any atom is -0.278 e. The Morgan fingerprint density at radius 2 is 1.90 bits per heavy atom. The van der Waals surface area contributed by atoms with E-state index in [1.54, 1.807) is 12.1 Å². The van der Waals surface area contributed by atoms with Gasteiger partial charge in [0.05, 0.1) is 23.0 Å². The van der Waals surface area contributed by atoms with Gasteiger partial charge in [0.15, 0.2) is 0 Å². The van der Waals surface area contributed by atoms with Crippen LogP contribution >= 0.6 is 11.6 Å². The lowest BCUT2D eigenvalue weighted by atomic mass is 10.1. The van der Waals surface area contributed by atoms with Gasteiger partial charge in [0.2, 0.25) is 0 Å². The van der Waals surface area contributed by atoms with Crippen molar-refractivity contribution in [3.8, 4) is 6.07 Å². The third-order valence-corrected chi connectivity index (χ3v) is 3.36. The average Bonchev–Trinajstić information content (AvgIpc) is 2.48. The summed E-state index contributed by atoms with van der Waals surface area (Å²) in [5, 5.41) is 13.8. The minimum atomic E-state index is 0.639. The first-order chi connectivity index (χ1) is 9.60. The molecule has 0 spiro atoms. The van der Waals surface area contributed by atoms with Crippen LogP contribution in [0.15, 0.2) is 47.6 Å². The van der Waals surface area contributed by atoms with Gasteiger partial charge in [-0.25, -0.2) is 0 Å². The van der Waals surface area contributed by atoms with Gasteiger partial charge in [0.25, 0.3) is 0 Å². The Hall–Kier alpha value is -2.31. The number of nitrogens with one attached hydrogen (secondary N) is 1. The number of aryl methyl sites for hydroxylation is 1. The van der Waals surface area contributed by atoms with Gasteiger partial charge in [-0.15, -0.1) is 0 Å². The lowest BCUT2D eigenvalue weighted by molar-refractivity contribution is 1.31. The number of hydrazone groups is 1. The number of nitriles is 1. The first-order valence-corrected chi connectivity index (χ1v) is 6.55. The van der Waals surface area contributed by atoms with Crippen LogP contribution in [0.5, 0.6) is 0 Å². The predicted molar refractivity (Wildman–Crippen MR) is 83.2 cm³/mol. The second-order valence-electron chi connectivity index (χ2n) is 4.46. The van der Waals surface area contributed by atoms with E-state index in [1.165, 1.54) is 0 Å². The number of benzene rings is 2. The van der Waals surface area contributed by atoms with Crippen molar-refractivity contribution in [2.24, 2.45) is 5.10 Å². The highest BCUT2D eigenvalue weighted by Crippen LogP contribution is 2.20. The molecule has 0 aliphatic rings. The van der Waals surface area contributed by atoms with Crippen LogP contribution in [0, 0.1) is 18.3 Å². The fourth-order valence-corrected chi connectivity index (χ4v) is 1.84. The van der Waals surface area contributed by atoms with Crippen LogP contribution in [-0.2, 0) is 0 Å². The Bertz CT molecular complexity index is 682. The monoisotopic (exact) mass is 283 g/mol. The van der Waals surface area contributed by atoms with Crippen LogP contribution in [-0.4, -0.2) is 5.71 Å². The molecule has 20 heavy (non-hydrogen) atoms. The summed E-state index contributed by atoms with van der Waals surface area (Å²) in [6.45, 7) is 3.86. The molecule has 0 aliphatic heterocycles. The highest BCUT2D eigenvalue weighted by molar-refractivity contribution is 6.31. The van der Waals surface area contributed by atoms with Crippen molar-refractivity contribution in [3.05, 3.63) is 64.2 Å². The molecular formula is C16H14ClN3. The number of anilines is 1. The third-order valence-electron chi connectivity index (χ3n) is 2.96. The standard InChI is InChI=1S/C16H14ClN3/c1-11-3-8-15(9-16(11)17)20-19-12(2)14-6-4-13(10-18)5-7-14/h3-9,20H,1-2H3/b19-12+. The highest BCUT2D eigenvalue weighted by Gasteiger charge is 1.99. The van der Waals surface area contributed by atoms with Gasteiger partial charge in [-0.3, -0.25) is 5.43 Å². The molecular weight excluding hydrogens is 270 g/mol. The summed E-state index contributed by atoms with van der Waals surface area (Å²) in [5.41, 5.74) is 7.30. The zero-order chi connectivity index (χ0) is 14.5. The summed E-state index contributed by atoms with van der Waals surface area (Å²) < 4.78 is 0. The Labute approximate surface area is 123 Å². The second-order valence-corrected chi connectivity index (χ2v) is 4.87. The van der Waals surface area contributed by atoms with E-state index in [0.717, 1.165) is 22.5 Å². The fourth-order valence-electron chi connectivity index (χ4n) is 1.66. The molecule has 3 nitrogen and oxygen atoms in total. The molecule has 0 saturated carbocycles.